The summed E-state index contributed by atoms with van der Waals surface area (Å²) in [5.74, 6) is 0.389. The Bertz CT molecular complexity index is 1160. The molecule has 0 saturated heterocycles. The Labute approximate surface area is 183 Å². The largest absolute Gasteiger partial charge is 0.454 e. The summed E-state index contributed by atoms with van der Waals surface area (Å²) >= 11 is 1.61. The lowest BCUT2D eigenvalue weighted by Gasteiger charge is -2.30. The first-order valence-corrected chi connectivity index (χ1v) is 10.4. The zero-order valence-corrected chi connectivity index (χ0v) is 17.1. The van der Waals surface area contributed by atoms with Crippen molar-refractivity contribution in [1.29, 1.82) is 0 Å². The van der Waals surface area contributed by atoms with E-state index in [-0.39, 0.29) is 19.3 Å². The van der Waals surface area contributed by atoms with Crippen LogP contribution < -0.4 is 14.4 Å². The molecule has 0 radical (unpaired) electrons. The van der Waals surface area contributed by atoms with E-state index in [1.54, 1.807) is 34.9 Å². The number of nitrogens with zero attached hydrogens (tertiary/aromatic N) is 1. The van der Waals surface area contributed by atoms with Crippen molar-refractivity contribution in [2.45, 2.75) is 9.79 Å². The number of hydrogen-bond donors (Lipinski definition) is 0. The van der Waals surface area contributed by atoms with Crippen molar-refractivity contribution in [2.24, 2.45) is 0 Å². The summed E-state index contributed by atoms with van der Waals surface area (Å²) < 4.78 is 15.8. The van der Waals surface area contributed by atoms with Gasteiger partial charge in [0, 0.05) is 15.9 Å². The van der Waals surface area contributed by atoms with Crippen molar-refractivity contribution in [1.82, 2.24) is 0 Å². The molecular formula is C24H17NO5S. The van der Waals surface area contributed by atoms with Crippen LogP contribution in [0, 0.1) is 0 Å². The van der Waals surface area contributed by atoms with Crippen LogP contribution in [0.15, 0.2) is 82.6 Å². The maximum absolute atomic E-state index is 13.0. The highest BCUT2D eigenvalue weighted by Crippen LogP contribution is 2.47. The minimum absolute atomic E-state index is 0.188. The van der Waals surface area contributed by atoms with Gasteiger partial charge >= 0.3 is 5.97 Å². The second kappa shape index (κ2) is 8.20. The molecular weight excluding hydrogens is 414 g/mol. The predicted molar refractivity (Wildman–Crippen MR) is 117 cm³/mol. The number of para-hydroxylation sites is 2. The Morgan fingerprint density at radius 3 is 2.35 bits per heavy atom. The predicted octanol–water partition coefficient (Wildman–Crippen LogP) is 4.80. The van der Waals surface area contributed by atoms with Crippen LogP contribution in [0.1, 0.15) is 5.56 Å². The minimum atomic E-state index is -0.598. The van der Waals surface area contributed by atoms with E-state index in [1.165, 1.54) is 6.08 Å². The molecule has 0 N–H and O–H groups in total. The summed E-state index contributed by atoms with van der Waals surface area (Å²) in [7, 11) is 0. The Morgan fingerprint density at radius 2 is 1.61 bits per heavy atom. The van der Waals surface area contributed by atoms with Gasteiger partial charge in [-0.15, -0.1) is 0 Å². The SMILES string of the molecule is O=C(C=Cc1ccc2c(c1)OCO2)OCC(=O)N1c2ccccc2Sc2ccccc21. The van der Waals surface area contributed by atoms with Gasteiger partial charge < -0.3 is 14.2 Å². The van der Waals surface area contributed by atoms with E-state index in [1.807, 2.05) is 54.6 Å². The summed E-state index contributed by atoms with van der Waals surface area (Å²) in [6, 6.07) is 20.7. The number of carbonyl (C=O) groups excluding carboxylic acids is 2. The van der Waals surface area contributed by atoms with Gasteiger partial charge in [0.05, 0.1) is 11.4 Å². The Morgan fingerprint density at radius 1 is 0.935 bits per heavy atom. The fourth-order valence-corrected chi connectivity index (χ4v) is 4.46. The number of anilines is 2. The lowest BCUT2D eigenvalue weighted by Crippen LogP contribution is -2.32. The molecule has 2 aliphatic heterocycles. The number of esters is 1. The summed E-state index contributed by atoms with van der Waals surface area (Å²) in [5, 5.41) is 0. The number of rotatable bonds is 4. The zero-order valence-electron chi connectivity index (χ0n) is 16.3. The van der Waals surface area contributed by atoms with E-state index in [9.17, 15) is 9.59 Å². The van der Waals surface area contributed by atoms with E-state index in [2.05, 4.69) is 0 Å². The molecule has 3 aromatic carbocycles. The second-order valence-electron chi connectivity index (χ2n) is 6.82. The number of fused-ring (bicyclic) bond motifs is 3. The van der Waals surface area contributed by atoms with Gasteiger partial charge in [-0.05, 0) is 48.0 Å². The van der Waals surface area contributed by atoms with Gasteiger partial charge in [0.1, 0.15) is 0 Å². The molecule has 31 heavy (non-hydrogen) atoms. The van der Waals surface area contributed by atoms with Crippen LogP contribution in [0.5, 0.6) is 11.5 Å². The standard InChI is InChI=1S/C24H17NO5S/c26-23(14-28-24(27)12-10-16-9-11-19-20(13-16)30-15-29-19)25-17-5-1-3-7-21(17)31-22-8-4-2-6-18(22)25/h1-13H,14-15H2. The molecule has 0 aliphatic carbocycles. The Balaban J connectivity index is 1.28. The van der Waals surface area contributed by atoms with Crippen LogP contribution in [0.25, 0.3) is 6.08 Å². The molecule has 2 aliphatic rings. The molecule has 0 unspecified atom stereocenters. The van der Waals surface area contributed by atoms with Crippen molar-refractivity contribution in [3.63, 3.8) is 0 Å². The van der Waals surface area contributed by atoms with Crippen molar-refractivity contribution < 1.29 is 23.8 Å². The van der Waals surface area contributed by atoms with Crippen molar-refractivity contribution in [3.8, 4) is 11.5 Å². The van der Waals surface area contributed by atoms with Gasteiger partial charge in [0.2, 0.25) is 6.79 Å². The zero-order chi connectivity index (χ0) is 21.2. The molecule has 7 heteroatoms. The quantitative estimate of drug-likeness (QED) is 0.437. The molecule has 5 rings (SSSR count). The van der Waals surface area contributed by atoms with E-state index >= 15 is 0 Å². The van der Waals surface area contributed by atoms with Gasteiger partial charge in [-0.3, -0.25) is 9.69 Å². The lowest BCUT2D eigenvalue weighted by molar-refractivity contribution is -0.142. The molecule has 0 fully saturated rings. The molecule has 3 aromatic rings. The monoisotopic (exact) mass is 431 g/mol. The molecule has 1 amide bonds. The van der Waals surface area contributed by atoms with E-state index in [0.29, 0.717) is 11.5 Å². The lowest BCUT2D eigenvalue weighted by atomic mass is 10.2. The van der Waals surface area contributed by atoms with Crippen LogP contribution in [-0.2, 0) is 14.3 Å². The molecule has 154 valence electrons. The molecule has 6 nitrogen and oxygen atoms in total. The summed E-state index contributed by atoms with van der Waals surface area (Å²) in [6.45, 7) is -0.175. The smallest absolute Gasteiger partial charge is 0.331 e. The number of amides is 1. The van der Waals surface area contributed by atoms with Gasteiger partial charge in [-0.25, -0.2) is 4.79 Å². The van der Waals surface area contributed by atoms with Crippen LogP contribution >= 0.6 is 11.8 Å². The van der Waals surface area contributed by atoms with E-state index in [0.717, 1.165) is 26.7 Å². The number of carbonyl (C=O) groups is 2. The van der Waals surface area contributed by atoms with Crippen molar-refractivity contribution in [3.05, 3.63) is 78.4 Å². The van der Waals surface area contributed by atoms with Gasteiger partial charge in [0.15, 0.2) is 18.1 Å². The fraction of sp³-hybridized carbons (Fsp3) is 0.0833. The number of ether oxygens (including phenoxy) is 3. The van der Waals surface area contributed by atoms with E-state index in [4.69, 9.17) is 14.2 Å². The molecule has 0 atom stereocenters. The average molecular weight is 431 g/mol. The Kier molecular flexibility index (Phi) is 5.09. The highest BCUT2D eigenvalue weighted by molar-refractivity contribution is 7.99. The van der Waals surface area contributed by atoms with Crippen molar-refractivity contribution in [2.75, 3.05) is 18.3 Å². The molecule has 0 aromatic heterocycles. The summed E-state index contributed by atoms with van der Waals surface area (Å²) in [6.07, 6.45) is 2.90. The third-order valence-electron chi connectivity index (χ3n) is 4.83. The normalized spacial score (nSPS) is 13.6. The number of hydrogen-bond acceptors (Lipinski definition) is 6. The third kappa shape index (κ3) is 3.87. The van der Waals surface area contributed by atoms with E-state index < -0.39 is 5.97 Å². The second-order valence-corrected chi connectivity index (χ2v) is 7.90. The van der Waals surface area contributed by atoms with Gasteiger partial charge in [0.25, 0.3) is 5.91 Å². The third-order valence-corrected chi connectivity index (χ3v) is 5.96. The average Bonchev–Trinajstić information content (AvgIpc) is 3.27. The maximum atomic E-state index is 13.0. The summed E-state index contributed by atoms with van der Waals surface area (Å²) in [4.78, 5) is 28.8. The van der Waals surface area contributed by atoms with Crippen LogP contribution in [-0.4, -0.2) is 25.3 Å². The summed E-state index contributed by atoms with van der Waals surface area (Å²) in [5.41, 5.74) is 2.33. The van der Waals surface area contributed by atoms with Crippen LogP contribution in [0.3, 0.4) is 0 Å². The molecule has 0 bridgehead atoms. The highest BCUT2D eigenvalue weighted by Gasteiger charge is 2.28. The fourth-order valence-electron chi connectivity index (χ4n) is 3.40. The van der Waals surface area contributed by atoms with Gasteiger partial charge in [-0.1, -0.05) is 42.1 Å². The Hall–Kier alpha value is -3.71. The molecule has 0 spiro atoms. The minimum Gasteiger partial charge on any atom is -0.454 e. The number of benzene rings is 3. The van der Waals surface area contributed by atoms with Crippen LogP contribution in [0.2, 0.25) is 0 Å². The first-order valence-electron chi connectivity index (χ1n) is 9.62. The van der Waals surface area contributed by atoms with Crippen molar-refractivity contribution >= 4 is 41.1 Å². The van der Waals surface area contributed by atoms with Crippen LogP contribution in [0.4, 0.5) is 11.4 Å². The molecule has 0 saturated carbocycles. The molecule has 2 heterocycles. The highest BCUT2D eigenvalue weighted by atomic mass is 32.2. The first kappa shape index (κ1) is 19.3. The maximum Gasteiger partial charge on any atom is 0.331 e. The topological polar surface area (TPSA) is 65.1 Å². The first-order chi connectivity index (χ1) is 15.2. The van der Waals surface area contributed by atoms with Gasteiger partial charge in [-0.2, -0.15) is 0 Å².